The molecular weight excluding hydrogens is 250 g/mol. The molecule has 1 heterocycles. The number of aldehydes is 1. The summed E-state index contributed by atoms with van der Waals surface area (Å²) in [4.78, 5) is 15.2. The van der Waals surface area contributed by atoms with E-state index in [9.17, 15) is 4.79 Å². The molecule has 1 aromatic rings. The lowest BCUT2D eigenvalue weighted by Gasteiger charge is -2.37. The molecule has 20 heavy (non-hydrogen) atoms. The molecule has 0 radical (unpaired) electrons. The molecule has 1 aromatic carbocycles. The Morgan fingerprint density at radius 2 is 1.85 bits per heavy atom. The first-order valence-electron chi connectivity index (χ1n) is 7.49. The predicted molar refractivity (Wildman–Crippen MR) is 81.4 cm³/mol. The zero-order chi connectivity index (χ0) is 14.2. The van der Waals surface area contributed by atoms with Gasteiger partial charge in [-0.15, -0.1) is 0 Å². The minimum absolute atomic E-state index is 0.0982. The molecule has 2 rings (SSSR count). The maximum atomic E-state index is 10.5. The van der Waals surface area contributed by atoms with E-state index in [1.54, 1.807) is 0 Å². The summed E-state index contributed by atoms with van der Waals surface area (Å²) in [6.45, 7) is 5.20. The monoisotopic (exact) mass is 275 g/mol. The van der Waals surface area contributed by atoms with Crippen LogP contribution in [0.15, 0.2) is 30.3 Å². The number of nitrogens with zero attached hydrogens (tertiary/aromatic N) is 2. The third-order valence-corrected chi connectivity index (χ3v) is 4.00. The second-order valence-electron chi connectivity index (χ2n) is 5.44. The zero-order valence-electron chi connectivity index (χ0n) is 12.1. The molecule has 0 saturated carbocycles. The Bertz CT molecular complexity index is 388. The zero-order valence-corrected chi connectivity index (χ0v) is 12.1. The number of nitrogens with two attached hydrogens (primary N) is 1. The Morgan fingerprint density at radius 1 is 1.15 bits per heavy atom. The van der Waals surface area contributed by atoms with E-state index in [1.807, 2.05) is 0 Å². The van der Waals surface area contributed by atoms with E-state index >= 15 is 0 Å². The van der Waals surface area contributed by atoms with E-state index in [-0.39, 0.29) is 6.17 Å². The van der Waals surface area contributed by atoms with E-state index < -0.39 is 0 Å². The Kier molecular flexibility index (Phi) is 6.18. The number of piperazine rings is 1. The Balaban J connectivity index is 1.63. The largest absolute Gasteiger partial charge is 0.315 e. The Hall–Kier alpha value is -1.23. The fraction of sp³-hybridized carbons (Fsp3) is 0.562. The summed E-state index contributed by atoms with van der Waals surface area (Å²) in [6.07, 6.45) is 3.60. The van der Waals surface area contributed by atoms with Crippen LogP contribution in [0.4, 0.5) is 0 Å². The molecule has 0 bridgehead atoms. The number of hydrogen-bond donors (Lipinski definition) is 1. The molecule has 4 nitrogen and oxygen atoms in total. The van der Waals surface area contributed by atoms with Gasteiger partial charge in [0.25, 0.3) is 0 Å². The van der Waals surface area contributed by atoms with Crippen LogP contribution in [0.3, 0.4) is 0 Å². The van der Waals surface area contributed by atoms with Crippen molar-refractivity contribution in [2.45, 2.75) is 25.4 Å². The highest BCUT2D eigenvalue weighted by Gasteiger charge is 2.20. The van der Waals surface area contributed by atoms with Crippen molar-refractivity contribution in [1.82, 2.24) is 9.80 Å². The molecule has 4 heteroatoms. The maximum Gasteiger partial charge on any atom is 0.122 e. The van der Waals surface area contributed by atoms with Gasteiger partial charge in [0, 0.05) is 32.6 Å². The SMILES string of the molecule is NC(CC=O)N1CCN(CCCc2ccccc2)CC1. The normalized spacial score (nSPS) is 18.9. The van der Waals surface area contributed by atoms with Crippen LogP contribution in [-0.4, -0.2) is 55.0 Å². The topological polar surface area (TPSA) is 49.6 Å². The summed E-state index contributed by atoms with van der Waals surface area (Å²) in [5.41, 5.74) is 7.37. The fourth-order valence-electron chi connectivity index (χ4n) is 2.72. The number of rotatable bonds is 7. The van der Waals surface area contributed by atoms with Crippen LogP contribution in [0.2, 0.25) is 0 Å². The lowest BCUT2D eigenvalue weighted by atomic mass is 10.1. The molecule has 110 valence electrons. The molecule has 2 N–H and O–H groups in total. The molecule has 0 aromatic heterocycles. The molecule has 1 unspecified atom stereocenters. The molecule has 1 aliphatic rings. The molecule has 1 saturated heterocycles. The molecular formula is C16H25N3O. The smallest absolute Gasteiger partial charge is 0.122 e. The van der Waals surface area contributed by atoms with Crippen LogP contribution >= 0.6 is 0 Å². The minimum atomic E-state index is -0.0982. The van der Waals surface area contributed by atoms with Gasteiger partial charge < -0.3 is 15.4 Å². The van der Waals surface area contributed by atoms with Gasteiger partial charge in [0.05, 0.1) is 6.17 Å². The average molecular weight is 275 g/mol. The van der Waals surface area contributed by atoms with Crippen LogP contribution in [-0.2, 0) is 11.2 Å². The number of aryl methyl sites for hydroxylation is 1. The van der Waals surface area contributed by atoms with Gasteiger partial charge >= 0.3 is 0 Å². The standard InChI is InChI=1S/C16H25N3O/c17-16(8-14-20)19-12-10-18(11-13-19)9-4-7-15-5-2-1-3-6-15/h1-3,5-6,14,16H,4,7-13,17H2. The first-order chi connectivity index (χ1) is 9.79. The first kappa shape index (κ1) is 15.2. The van der Waals surface area contributed by atoms with Crippen molar-refractivity contribution in [3.63, 3.8) is 0 Å². The summed E-state index contributed by atoms with van der Waals surface area (Å²) >= 11 is 0. The van der Waals surface area contributed by atoms with Crippen molar-refractivity contribution < 1.29 is 4.79 Å². The fourth-order valence-corrected chi connectivity index (χ4v) is 2.72. The van der Waals surface area contributed by atoms with Gasteiger partial charge in [-0.05, 0) is 24.9 Å². The number of hydrogen-bond acceptors (Lipinski definition) is 4. The van der Waals surface area contributed by atoms with Crippen molar-refractivity contribution in [1.29, 1.82) is 0 Å². The van der Waals surface area contributed by atoms with Crippen LogP contribution < -0.4 is 5.73 Å². The first-order valence-corrected chi connectivity index (χ1v) is 7.49. The van der Waals surface area contributed by atoms with Gasteiger partial charge in [0.1, 0.15) is 6.29 Å². The highest BCUT2D eigenvalue weighted by molar-refractivity contribution is 5.50. The molecule has 0 spiro atoms. The van der Waals surface area contributed by atoms with Gasteiger partial charge in [-0.3, -0.25) is 4.90 Å². The van der Waals surface area contributed by atoms with E-state index in [0.717, 1.165) is 45.4 Å². The van der Waals surface area contributed by atoms with Gasteiger partial charge in [0.2, 0.25) is 0 Å². The van der Waals surface area contributed by atoms with E-state index in [4.69, 9.17) is 5.73 Å². The summed E-state index contributed by atoms with van der Waals surface area (Å²) in [5.74, 6) is 0. The van der Waals surface area contributed by atoms with Gasteiger partial charge in [-0.25, -0.2) is 0 Å². The molecule has 1 fully saturated rings. The molecule has 1 atom stereocenters. The van der Waals surface area contributed by atoms with Gasteiger partial charge in [-0.2, -0.15) is 0 Å². The lowest BCUT2D eigenvalue weighted by molar-refractivity contribution is -0.109. The maximum absolute atomic E-state index is 10.5. The van der Waals surface area contributed by atoms with Crippen molar-refractivity contribution in [3.05, 3.63) is 35.9 Å². The molecule has 0 amide bonds. The summed E-state index contributed by atoms with van der Waals surface area (Å²) < 4.78 is 0. The van der Waals surface area contributed by atoms with Crippen molar-refractivity contribution in [2.75, 3.05) is 32.7 Å². The third-order valence-electron chi connectivity index (χ3n) is 4.00. The van der Waals surface area contributed by atoms with Gasteiger partial charge in [-0.1, -0.05) is 30.3 Å². The van der Waals surface area contributed by atoms with Crippen LogP contribution in [0.1, 0.15) is 18.4 Å². The van der Waals surface area contributed by atoms with Crippen LogP contribution in [0.25, 0.3) is 0 Å². The lowest BCUT2D eigenvalue weighted by Crippen LogP contribution is -2.53. The Labute approximate surface area is 121 Å². The second kappa shape index (κ2) is 8.15. The highest BCUT2D eigenvalue weighted by atomic mass is 16.1. The van der Waals surface area contributed by atoms with Crippen LogP contribution in [0, 0.1) is 0 Å². The quantitative estimate of drug-likeness (QED) is 0.757. The predicted octanol–water partition coefficient (Wildman–Crippen LogP) is 1.11. The average Bonchev–Trinajstić information content (AvgIpc) is 2.49. The minimum Gasteiger partial charge on any atom is -0.315 e. The highest BCUT2D eigenvalue weighted by Crippen LogP contribution is 2.08. The van der Waals surface area contributed by atoms with Crippen molar-refractivity contribution in [3.8, 4) is 0 Å². The summed E-state index contributed by atoms with van der Waals surface area (Å²) in [7, 11) is 0. The summed E-state index contributed by atoms with van der Waals surface area (Å²) in [5, 5.41) is 0. The number of carbonyl (C=O) groups is 1. The van der Waals surface area contributed by atoms with Crippen molar-refractivity contribution in [2.24, 2.45) is 5.73 Å². The van der Waals surface area contributed by atoms with E-state index in [2.05, 4.69) is 40.1 Å². The number of carbonyl (C=O) groups excluding carboxylic acids is 1. The third kappa shape index (κ3) is 4.71. The van der Waals surface area contributed by atoms with E-state index in [0.29, 0.717) is 6.42 Å². The molecule has 0 aliphatic carbocycles. The van der Waals surface area contributed by atoms with E-state index in [1.165, 1.54) is 12.0 Å². The second-order valence-corrected chi connectivity index (χ2v) is 5.44. The van der Waals surface area contributed by atoms with Gasteiger partial charge in [0.15, 0.2) is 0 Å². The Morgan fingerprint density at radius 3 is 2.50 bits per heavy atom. The number of benzene rings is 1. The molecule has 1 aliphatic heterocycles. The summed E-state index contributed by atoms with van der Waals surface area (Å²) in [6, 6.07) is 10.6. The van der Waals surface area contributed by atoms with Crippen molar-refractivity contribution >= 4 is 6.29 Å². The van der Waals surface area contributed by atoms with Crippen LogP contribution in [0.5, 0.6) is 0 Å².